The molecule has 5 nitrogen and oxygen atoms in total. The van der Waals surface area contributed by atoms with Gasteiger partial charge in [-0.05, 0) is 31.6 Å². The molecule has 5 heteroatoms. The predicted octanol–water partition coefficient (Wildman–Crippen LogP) is 1.90. The van der Waals surface area contributed by atoms with E-state index in [1.807, 2.05) is 0 Å². The highest BCUT2D eigenvalue weighted by Crippen LogP contribution is 2.25. The van der Waals surface area contributed by atoms with Gasteiger partial charge in [-0.1, -0.05) is 19.8 Å². The summed E-state index contributed by atoms with van der Waals surface area (Å²) in [6.07, 6.45) is 5.88. The number of carboxylic acids is 1. The van der Waals surface area contributed by atoms with Crippen LogP contribution in [-0.2, 0) is 14.3 Å². The van der Waals surface area contributed by atoms with E-state index in [9.17, 15) is 9.59 Å². The Hall–Kier alpha value is -1.10. The quantitative estimate of drug-likeness (QED) is 0.855. The molecular weight excluding hydrogens is 258 g/mol. The van der Waals surface area contributed by atoms with Crippen LogP contribution in [0.25, 0.3) is 0 Å². The lowest BCUT2D eigenvalue weighted by Gasteiger charge is -2.31. The molecule has 0 unspecified atom stereocenters. The second kappa shape index (κ2) is 7.07. The zero-order valence-electron chi connectivity index (χ0n) is 12.2. The minimum atomic E-state index is -0.746. The number of ether oxygens (including phenoxy) is 1. The topological polar surface area (TPSA) is 66.8 Å². The number of piperidine rings is 1. The van der Waals surface area contributed by atoms with Crippen LogP contribution in [-0.4, -0.2) is 47.7 Å². The smallest absolute Gasteiger partial charge is 0.306 e. The normalized spacial score (nSPS) is 28.4. The fraction of sp³-hybridized carbons (Fsp3) is 0.867. The van der Waals surface area contributed by atoms with E-state index in [0.29, 0.717) is 31.8 Å². The van der Waals surface area contributed by atoms with E-state index in [1.54, 1.807) is 4.90 Å². The molecule has 1 heterocycles. The summed E-state index contributed by atoms with van der Waals surface area (Å²) >= 11 is 0. The average Bonchev–Trinajstić information content (AvgIpc) is 2.45. The molecule has 114 valence electrons. The standard InChI is InChI=1S/C15H25NO4/c1-11-3-2-4-13(9-11)20-10-14(17)16-7-5-12(6-8-16)15(18)19/h11-13H,2-10H2,1H3,(H,18,19)/t11-,13+/m1/s1. The molecule has 1 saturated heterocycles. The molecule has 0 spiro atoms. The first-order valence-corrected chi connectivity index (χ1v) is 7.68. The zero-order valence-corrected chi connectivity index (χ0v) is 12.2. The molecular formula is C15H25NO4. The maximum atomic E-state index is 12.1. The lowest BCUT2D eigenvalue weighted by Crippen LogP contribution is -2.42. The molecule has 2 fully saturated rings. The third-order valence-electron chi connectivity index (χ3n) is 4.53. The Morgan fingerprint density at radius 1 is 1.20 bits per heavy atom. The van der Waals surface area contributed by atoms with Crippen molar-refractivity contribution in [3.63, 3.8) is 0 Å². The SMILES string of the molecule is C[C@@H]1CCC[C@H](OCC(=O)N2CCC(C(=O)O)CC2)C1. The van der Waals surface area contributed by atoms with Gasteiger partial charge in [0.05, 0.1) is 12.0 Å². The van der Waals surface area contributed by atoms with E-state index in [4.69, 9.17) is 9.84 Å². The van der Waals surface area contributed by atoms with E-state index < -0.39 is 5.97 Å². The van der Waals surface area contributed by atoms with Crippen molar-refractivity contribution in [2.75, 3.05) is 19.7 Å². The number of nitrogens with zero attached hydrogens (tertiary/aromatic N) is 1. The minimum absolute atomic E-state index is 0.00654. The van der Waals surface area contributed by atoms with Gasteiger partial charge in [0.1, 0.15) is 6.61 Å². The van der Waals surface area contributed by atoms with Crippen molar-refractivity contribution >= 4 is 11.9 Å². The van der Waals surface area contributed by atoms with E-state index in [0.717, 1.165) is 12.8 Å². The fourth-order valence-electron chi connectivity index (χ4n) is 3.19. The van der Waals surface area contributed by atoms with Gasteiger partial charge >= 0.3 is 5.97 Å². The summed E-state index contributed by atoms with van der Waals surface area (Å²) in [5, 5.41) is 8.93. The van der Waals surface area contributed by atoms with Crippen molar-refractivity contribution in [1.29, 1.82) is 0 Å². The van der Waals surface area contributed by atoms with Crippen molar-refractivity contribution in [1.82, 2.24) is 4.90 Å². The molecule has 0 aromatic carbocycles. The van der Waals surface area contributed by atoms with Crippen molar-refractivity contribution in [2.45, 2.75) is 51.6 Å². The van der Waals surface area contributed by atoms with Crippen LogP contribution >= 0.6 is 0 Å². The van der Waals surface area contributed by atoms with Gasteiger partial charge in [0, 0.05) is 13.1 Å². The van der Waals surface area contributed by atoms with Gasteiger partial charge in [-0.3, -0.25) is 9.59 Å². The summed E-state index contributed by atoms with van der Waals surface area (Å²) in [5.41, 5.74) is 0. The molecule has 1 aliphatic heterocycles. The molecule has 0 radical (unpaired) electrons. The van der Waals surface area contributed by atoms with E-state index in [2.05, 4.69) is 6.92 Å². The number of likely N-dealkylation sites (tertiary alicyclic amines) is 1. The average molecular weight is 283 g/mol. The molecule has 2 atom stereocenters. The lowest BCUT2D eigenvalue weighted by atomic mass is 9.89. The van der Waals surface area contributed by atoms with Crippen LogP contribution in [0, 0.1) is 11.8 Å². The number of carbonyl (C=O) groups is 2. The summed E-state index contributed by atoms with van der Waals surface area (Å²) in [4.78, 5) is 24.7. The molecule has 1 amide bonds. The number of amides is 1. The largest absolute Gasteiger partial charge is 0.481 e. The third-order valence-corrected chi connectivity index (χ3v) is 4.53. The van der Waals surface area contributed by atoms with Crippen molar-refractivity contribution in [3.05, 3.63) is 0 Å². The number of hydrogen-bond acceptors (Lipinski definition) is 3. The van der Waals surface area contributed by atoms with E-state index in [1.165, 1.54) is 12.8 Å². The number of hydrogen-bond donors (Lipinski definition) is 1. The Labute approximate surface area is 120 Å². The van der Waals surface area contributed by atoms with Crippen LogP contribution in [0.1, 0.15) is 45.4 Å². The van der Waals surface area contributed by atoms with Gasteiger partial charge in [-0.2, -0.15) is 0 Å². The highest BCUT2D eigenvalue weighted by atomic mass is 16.5. The van der Waals surface area contributed by atoms with E-state index >= 15 is 0 Å². The van der Waals surface area contributed by atoms with Crippen LogP contribution in [0.15, 0.2) is 0 Å². The highest BCUT2D eigenvalue weighted by Gasteiger charge is 2.27. The van der Waals surface area contributed by atoms with Gasteiger partial charge in [0.25, 0.3) is 0 Å². The number of carboxylic acid groups (broad SMARTS) is 1. The van der Waals surface area contributed by atoms with Gasteiger partial charge in [-0.25, -0.2) is 0 Å². The summed E-state index contributed by atoms with van der Waals surface area (Å²) in [7, 11) is 0. The molecule has 1 aliphatic carbocycles. The van der Waals surface area contributed by atoms with Gasteiger partial charge in [0.15, 0.2) is 0 Å². The van der Waals surface area contributed by atoms with Gasteiger partial charge in [0.2, 0.25) is 5.91 Å². The zero-order chi connectivity index (χ0) is 14.5. The molecule has 20 heavy (non-hydrogen) atoms. The summed E-state index contributed by atoms with van der Waals surface area (Å²) in [6.45, 7) is 3.46. The van der Waals surface area contributed by atoms with Crippen molar-refractivity contribution in [3.8, 4) is 0 Å². The number of rotatable bonds is 4. The first kappa shape index (κ1) is 15.3. The second-order valence-corrected chi connectivity index (χ2v) is 6.20. The predicted molar refractivity (Wildman–Crippen MR) is 74.3 cm³/mol. The maximum Gasteiger partial charge on any atom is 0.306 e. The molecule has 1 N–H and O–H groups in total. The molecule has 0 aromatic rings. The lowest BCUT2D eigenvalue weighted by molar-refractivity contribution is -0.147. The Balaban J connectivity index is 1.69. The van der Waals surface area contributed by atoms with Crippen molar-refractivity contribution < 1.29 is 19.4 Å². The minimum Gasteiger partial charge on any atom is -0.481 e. The van der Waals surface area contributed by atoms with Gasteiger partial charge < -0.3 is 14.7 Å². The highest BCUT2D eigenvalue weighted by molar-refractivity contribution is 5.78. The monoisotopic (exact) mass is 283 g/mol. The molecule has 2 rings (SSSR count). The van der Waals surface area contributed by atoms with Crippen LogP contribution in [0.2, 0.25) is 0 Å². The van der Waals surface area contributed by atoms with Gasteiger partial charge in [-0.15, -0.1) is 0 Å². The van der Waals surface area contributed by atoms with Crippen LogP contribution in [0.3, 0.4) is 0 Å². The molecule has 0 bridgehead atoms. The van der Waals surface area contributed by atoms with E-state index in [-0.39, 0.29) is 24.5 Å². The Morgan fingerprint density at radius 3 is 2.50 bits per heavy atom. The van der Waals surface area contributed by atoms with Crippen LogP contribution in [0.5, 0.6) is 0 Å². The maximum absolute atomic E-state index is 12.1. The van der Waals surface area contributed by atoms with Crippen LogP contribution < -0.4 is 0 Å². The van der Waals surface area contributed by atoms with Crippen molar-refractivity contribution in [2.24, 2.45) is 11.8 Å². The fourth-order valence-corrected chi connectivity index (χ4v) is 3.19. The summed E-state index contributed by atoms with van der Waals surface area (Å²) in [6, 6.07) is 0. The third kappa shape index (κ3) is 4.20. The number of aliphatic carboxylic acids is 1. The first-order valence-electron chi connectivity index (χ1n) is 7.68. The first-order chi connectivity index (χ1) is 9.56. The second-order valence-electron chi connectivity index (χ2n) is 6.20. The number of carbonyl (C=O) groups excluding carboxylic acids is 1. The Morgan fingerprint density at radius 2 is 1.90 bits per heavy atom. The molecule has 0 aromatic heterocycles. The Bertz CT molecular complexity index is 350. The summed E-state index contributed by atoms with van der Waals surface area (Å²) in [5.74, 6) is -0.342. The summed E-state index contributed by atoms with van der Waals surface area (Å²) < 4.78 is 5.74. The molecule has 2 aliphatic rings. The Kier molecular flexibility index (Phi) is 5.40. The molecule has 1 saturated carbocycles. The van der Waals surface area contributed by atoms with Crippen LogP contribution in [0.4, 0.5) is 0 Å².